The second-order valence-electron chi connectivity index (χ2n) is 3.89. The average Bonchev–Trinajstić information content (AvgIpc) is 2.31. The quantitative estimate of drug-likeness (QED) is 0.270. The Labute approximate surface area is 98.3 Å². The molecule has 0 radical (unpaired) electrons. The highest BCUT2D eigenvalue weighted by molar-refractivity contribution is 4.86. The Morgan fingerprint density at radius 3 is 2.50 bits per heavy atom. The number of alkyl halides is 1. The molecule has 0 spiro atoms. The highest BCUT2D eigenvalue weighted by Crippen LogP contribution is 2.11. The minimum Gasteiger partial charge on any atom is -0.628 e. The highest BCUT2D eigenvalue weighted by Gasteiger charge is 2.08. The zero-order valence-electron chi connectivity index (χ0n) is 10.3. The maximum Gasteiger partial charge on any atom is 0.124 e. The van der Waals surface area contributed by atoms with Crippen LogP contribution >= 0.6 is 0 Å². The van der Waals surface area contributed by atoms with Gasteiger partial charge in [-0.3, -0.25) is 0 Å². The Hall–Kier alpha value is -0.850. The molecular weight excluding hydrogens is 205 g/mol. The molecule has 0 aromatic heterocycles. The third-order valence-corrected chi connectivity index (χ3v) is 2.69. The fourth-order valence-electron chi connectivity index (χ4n) is 1.35. The Morgan fingerprint density at radius 2 is 2.00 bits per heavy atom. The van der Waals surface area contributed by atoms with Crippen LogP contribution in [0.25, 0.3) is 0 Å². The van der Waals surface area contributed by atoms with Gasteiger partial charge in [-0.05, 0) is 33.1 Å². The number of halogens is 1. The van der Waals surface area contributed by atoms with E-state index in [4.69, 9.17) is 6.42 Å². The summed E-state index contributed by atoms with van der Waals surface area (Å²) < 4.78 is 12.9. The van der Waals surface area contributed by atoms with Gasteiger partial charge in [-0.25, -0.2) is 4.39 Å². The van der Waals surface area contributed by atoms with E-state index in [1.807, 2.05) is 0 Å². The molecule has 2 nitrogen and oxygen atoms in total. The molecule has 0 aliphatic heterocycles. The van der Waals surface area contributed by atoms with Crippen LogP contribution in [-0.4, -0.2) is 23.9 Å². The van der Waals surface area contributed by atoms with Gasteiger partial charge >= 0.3 is 0 Å². The highest BCUT2D eigenvalue weighted by atomic mass is 19.1. The van der Waals surface area contributed by atoms with E-state index in [2.05, 4.69) is 5.92 Å². The summed E-state index contributed by atoms with van der Waals surface area (Å²) in [7, 11) is 0. The Kier molecular flexibility index (Phi) is 7.88. The van der Waals surface area contributed by atoms with E-state index in [1.54, 1.807) is 13.8 Å². The second-order valence-corrected chi connectivity index (χ2v) is 3.89. The van der Waals surface area contributed by atoms with Crippen molar-refractivity contribution in [2.24, 2.45) is 0 Å². The fraction of sp³-hybridized carbons (Fsp3) is 0.692. The molecule has 0 saturated carbocycles. The first-order chi connectivity index (χ1) is 7.58. The lowest BCUT2D eigenvalue weighted by Crippen LogP contribution is -2.35. The van der Waals surface area contributed by atoms with Crippen LogP contribution in [0.5, 0.6) is 0 Å². The van der Waals surface area contributed by atoms with Crippen LogP contribution in [0.2, 0.25) is 0 Å². The van der Waals surface area contributed by atoms with Crippen LogP contribution in [0, 0.1) is 17.6 Å². The SMILES string of the molecule is C#CCCCCC(F)/C=C/[N+]([O-])(CC)CC. The lowest BCUT2D eigenvalue weighted by molar-refractivity contribution is -0.825. The number of nitrogens with zero attached hydrogens (tertiary/aromatic N) is 1. The molecule has 0 rings (SSSR count). The van der Waals surface area contributed by atoms with Gasteiger partial charge in [0.2, 0.25) is 0 Å². The second kappa shape index (κ2) is 8.32. The monoisotopic (exact) mass is 227 g/mol. The van der Waals surface area contributed by atoms with Crippen molar-refractivity contribution in [1.29, 1.82) is 0 Å². The molecule has 0 amide bonds. The first kappa shape index (κ1) is 15.2. The van der Waals surface area contributed by atoms with Gasteiger partial charge in [-0.1, -0.05) is 0 Å². The summed E-state index contributed by atoms with van der Waals surface area (Å²) >= 11 is 0. The largest absolute Gasteiger partial charge is 0.628 e. The summed E-state index contributed by atoms with van der Waals surface area (Å²) in [6.45, 7) is 4.50. The van der Waals surface area contributed by atoms with E-state index >= 15 is 0 Å². The van der Waals surface area contributed by atoms with Gasteiger partial charge in [-0.15, -0.1) is 12.3 Å². The average molecular weight is 227 g/mol. The zero-order chi connectivity index (χ0) is 12.4. The number of unbranched alkanes of at least 4 members (excludes halogenated alkanes) is 2. The van der Waals surface area contributed by atoms with E-state index < -0.39 is 10.8 Å². The summed E-state index contributed by atoms with van der Waals surface area (Å²) in [6.07, 6.45) is 9.65. The lowest BCUT2D eigenvalue weighted by Gasteiger charge is -2.36. The fourth-order valence-corrected chi connectivity index (χ4v) is 1.35. The molecule has 0 aromatic rings. The van der Waals surface area contributed by atoms with Crippen LogP contribution in [0.3, 0.4) is 0 Å². The summed E-state index contributed by atoms with van der Waals surface area (Å²) in [5.74, 6) is 2.52. The molecule has 0 saturated heterocycles. The Morgan fingerprint density at radius 1 is 1.38 bits per heavy atom. The molecule has 0 N–H and O–H groups in total. The third kappa shape index (κ3) is 6.60. The topological polar surface area (TPSA) is 23.1 Å². The van der Waals surface area contributed by atoms with Crippen molar-refractivity contribution in [3.8, 4) is 12.3 Å². The van der Waals surface area contributed by atoms with Crippen LogP contribution in [0.1, 0.15) is 39.5 Å². The summed E-state index contributed by atoms with van der Waals surface area (Å²) in [6, 6.07) is 0. The molecule has 0 bridgehead atoms. The van der Waals surface area contributed by atoms with Crippen molar-refractivity contribution in [1.82, 2.24) is 0 Å². The normalized spacial score (nSPS) is 13.9. The molecule has 1 atom stereocenters. The van der Waals surface area contributed by atoms with Crippen molar-refractivity contribution >= 4 is 0 Å². The number of allylic oxidation sites excluding steroid dienone is 1. The van der Waals surface area contributed by atoms with Crippen LogP contribution < -0.4 is 0 Å². The Balaban J connectivity index is 3.90. The van der Waals surface area contributed by atoms with Gasteiger partial charge in [0, 0.05) is 12.5 Å². The van der Waals surface area contributed by atoms with Crippen molar-refractivity contribution in [2.75, 3.05) is 13.1 Å². The standard InChI is InChI=1S/C13H22FNO/c1-4-7-8-9-10-13(14)11-12-15(16,5-2)6-3/h1,11-13H,5-10H2,2-3H3/b12-11+. The molecule has 0 fully saturated rings. The van der Waals surface area contributed by atoms with Gasteiger partial charge in [-0.2, -0.15) is 0 Å². The van der Waals surface area contributed by atoms with E-state index in [0.717, 1.165) is 12.8 Å². The first-order valence-corrected chi connectivity index (χ1v) is 5.92. The number of rotatable bonds is 8. The summed E-state index contributed by atoms with van der Waals surface area (Å²) in [5.41, 5.74) is 0. The molecule has 3 heteroatoms. The minimum absolute atomic E-state index is 0.441. The van der Waals surface area contributed by atoms with E-state index in [9.17, 15) is 9.60 Å². The summed E-state index contributed by atoms with van der Waals surface area (Å²) in [5, 5.41) is 11.8. The molecule has 92 valence electrons. The van der Waals surface area contributed by atoms with Gasteiger partial charge in [0.15, 0.2) is 0 Å². The van der Waals surface area contributed by atoms with Gasteiger partial charge in [0.1, 0.15) is 6.17 Å². The van der Waals surface area contributed by atoms with Crippen LogP contribution in [-0.2, 0) is 0 Å². The molecule has 0 aliphatic rings. The molecule has 16 heavy (non-hydrogen) atoms. The number of quaternary nitrogens is 1. The predicted octanol–water partition coefficient (Wildman–Crippen LogP) is 3.39. The number of hydrogen-bond donors (Lipinski definition) is 0. The smallest absolute Gasteiger partial charge is 0.124 e. The molecular formula is C13H22FNO. The summed E-state index contributed by atoms with van der Waals surface area (Å²) in [4.78, 5) is 0. The number of terminal acetylenes is 1. The van der Waals surface area contributed by atoms with Gasteiger partial charge in [0.05, 0.1) is 19.3 Å². The Bertz CT molecular complexity index is 241. The molecule has 0 heterocycles. The van der Waals surface area contributed by atoms with Crippen LogP contribution in [0.4, 0.5) is 4.39 Å². The van der Waals surface area contributed by atoms with E-state index in [1.165, 1.54) is 12.3 Å². The predicted molar refractivity (Wildman–Crippen MR) is 66.0 cm³/mol. The molecule has 0 aliphatic carbocycles. The van der Waals surface area contributed by atoms with Crippen molar-refractivity contribution in [3.05, 3.63) is 17.5 Å². The van der Waals surface area contributed by atoms with E-state index in [-0.39, 0.29) is 0 Å². The molecule has 1 unspecified atom stereocenters. The minimum atomic E-state index is -1.03. The third-order valence-electron chi connectivity index (χ3n) is 2.69. The zero-order valence-corrected chi connectivity index (χ0v) is 10.3. The van der Waals surface area contributed by atoms with E-state index in [0.29, 0.717) is 25.9 Å². The van der Waals surface area contributed by atoms with Crippen molar-refractivity contribution in [3.63, 3.8) is 0 Å². The first-order valence-electron chi connectivity index (χ1n) is 5.92. The van der Waals surface area contributed by atoms with Gasteiger partial charge < -0.3 is 9.85 Å². The maximum absolute atomic E-state index is 13.3. The molecule has 0 aromatic carbocycles. The number of hydrogen-bond acceptors (Lipinski definition) is 1. The van der Waals surface area contributed by atoms with Crippen molar-refractivity contribution in [2.45, 2.75) is 45.7 Å². The van der Waals surface area contributed by atoms with Crippen LogP contribution in [0.15, 0.2) is 12.3 Å². The lowest BCUT2D eigenvalue weighted by atomic mass is 10.1. The van der Waals surface area contributed by atoms with Crippen molar-refractivity contribution < 1.29 is 9.04 Å². The number of hydroxylamine groups is 3. The van der Waals surface area contributed by atoms with Gasteiger partial charge in [0.25, 0.3) is 0 Å². The maximum atomic E-state index is 13.3.